The number of fused-ring (bicyclic) bond motifs is 1. The van der Waals surface area contributed by atoms with Crippen molar-refractivity contribution in [2.75, 3.05) is 0 Å². The number of nitrogens with one attached hydrogen (secondary N) is 1. The molecule has 0 fully saturated rings. The van der Waals surface area contributed by atoms with E-state index in [4.69, 9.17) is 0 Å². The third-order valence-electron chi connectivity index (χ3n) is 1.93. The van der Waals surface area contributed by atoms with Crippen LogP contribution in [-0.2, 0) is 0 Å². The van der Waals surface area contributed by atoms with Gasteiger partial charge in [-0.2, -0.15) is 10.2 Å². The van der Waals surface area contributed by atoms with Crippen LogP contribution in [0.4, 0.5) is 0 Å². The highest BCUT2D eigenvalue weighted by Gasteiger charge is 2.03. The zero-order chi connectivity index (χ0) is 9.38. The molecule has 0 aliphatic carbocycles. The molecule has 3 heterocycles. The van der Waals surface area contributed by atoms with Crippen LogP contribution < -0.4 is 0 Å². The van der Waals surface area contributed by atoms with Crippen LogP contribution >= 0.6 is 0 Å². The molecule has 0 atom stereocenters. The fourth-order valence-electron chi connectivity index (χ4n) is 1.27. The van der Waals surface area contributed by atoms with Crippen molar-refractivity contribution < 1.29 is 0 Å². The molecule has 3 rings (SSSR count). The van der Waals surface area contributed by atoms with E-state index in [0.717, 1.165) is 16.7 Å². The summed E-state index contributed by atoms with van der Waals surface area (Å²) in [6.45, 7) is 0. The van der Waals surface area contributed by atoms with E-state index in [0.29, 0.717) is 0 Å². The molecule has 0 aromatic carbocycles. The lowest BCUT2D eigenvalue weighted by molar-refractivity contribution is 0.896. The van der Waals surface area contributed by atoms with Crippen LogP contribution in [-0.4, -0.2) is 29.9 Å². The first-order valence-corrected chi connectivity index (χ1v) is 4.08. The summed E-state index contributed by atoms with van der Waals surface area (Å²) >= 11 is 0. The lowest BCUT2D eigenvalue weighted by Gasteiger charge is -1.90. The normalized spacial score (nSPS) is 10.9. The van der Waals surface area contributed by atoms with Crippen LogP contribution in [0.1, 0.15) is 0 Å². The van der Waals surface area contributed by atoms with E-state index in [-0.39, 0.29) is 0 Å². The quantitative estimate of drug-likeness (QED) is 0.602. The highest BCUT2D eigenvalue weighted by Crippen LogP contribution is 2.10. The Kier molecular flexibility index (Phi) is 1.35. The fraction of sp³-hybridized carbons (Fsp3) is 0. The zero-order valence-corrected chi connectivity index (χ0v) is 7.12. The molecule has 0 saturated heterocycles. The number of rotatable bonds is 1. The average molecular weight is 186 g/mol. The van der Waals surface area contributed by atoms with Gasteiger partial charge in [0, 0.05) is 6.20 Å². The maximum absolute atomic E-state index is 4.29. The second kappa shape index (κ2) is 2.63. The number of nitrogens with zero attached hydrogens (tertiary/aromatic N) is 5. The zero-order valence-electron chi connectivity index (χ0n) is 7.12. The maximum atomic E-state index is 4.29. The van der Waals surface area contributed by atoms with E-state index < -0.39 is 0 Å². The minimum Gasteiger partial charge on any atom is -0.283 e. The maximum Gasteiger partial charge on any atom is 0.130 e. The summed E-state index contributed by atoms with van der Waals surface area (Å²) in [6, 6.07) is 0. The highest BCUT2D eigenvalue weighted by atomic mass is 15.3. The first kappa shape index (κ1) is 7.19. The summed E-state index contributed by atoms with van der Waals surface area (Å²) in [5.41, 5.74) is 2.47. The molecule has 0 aliphatic heterocycles. The highest BCUT2D eigenvalue weighted by molar-refractivity contribution is 5.72. The van der Waals surface area contributed by atoms with Crippen LogP contribution in [0, 0.1) is 0 Å². The van der Waals surface area contributed by atoms with Gasteiger partial charge in [-0.3, -0.25) is 5.10 Å². The van der Waals surface area contributed by atoms with Crippen LogP contribution in [0.25, 0.3) is 16.7 Å². The SMILES string of the molecule is c1ncc2nn(-c3cn[nH]c3)cc2n1. The van der Waals surface area contributed by atoms with Crippen molar-refractivity contribution in [2.24, 2.45) is 0 Å². The number of hydrogen-bond acceptors (Lipinski definition) is 4. The molecular formula is C8H6N6. The van der Waals surface area contributed by atoms with Crippen molar-refractivity contribution in [1.82, 2.24) is 29.9 Å². The molecule has 0 bridgehead atoms. The molecule has 68 valence electrons. The second-order valence-electron chi connectivity index (χ2n) is 2.82. The van der Waals surface area contributed by atoms with Gasteiger partial charge in [0.05, 0.1) is 18.6 Å². The Bertz CT molecular complexity index is 519. The second-order valence-corrected chi connectivity index (χ2v) is 2.82. The van der Waals surface area contributed by atoms with E-state index >= 15 is 0 Å². The van der Waals surface area contributed by atoms with Gasteiger partial charge in [0.25, 0.3) is 0 Å². The fourth-order valence-corrected chi connectivity index (χ4v) is 1.27. The van der Waals surface area contributed by atoms with Gasteiger partial charge >= 0.3 is 0 Å². The van der Waals surface area contributed by atoms with Crippen LogP contribution in [0.2, 0.25) is 0 Å². The third kappa shape index (κ3) is 0.972. The van der Waals surface area contributed by atoms with Gasteiger partial charge in [-0.1, -0.05) is 0 Å². The molecule has 3 aromatic heterocycles. The molecule has 0 unspecified atom stereocenters. The summed E-state index contributed by atoms with van der Waals surface area (Å²) in [7, 11) is 0. The number of hydrogen-bond donors (Lipinski definition) is 1. The van der Waals surface area contributed by atoms with Gasteiger partial charge in [-0.05, 0) is 0 Å². The van der Waals surface area contributed by atoms with Gasteiger partial charge in [0.15, 0.2) is 0 Å². The summed E-state index contributed by atoms with van der Waals surface area (Å²) in [6.07, 6.45) is 8.48. The largest absolute Gasteiger partial charge is 0.283 e. The van der Waals surface area contributed by atoms with Gasteiger partial charge in [0.2, 0.25) is 0 Å². The number of aromatic nitrogens is 6. The third-order valence-corrected chi connectivity index (χ3v) is 1.93. The Morgan fingerprint density at radius 3 is 3.00 bits per heavy atom. The van der Waals surface area contributed by atoms with E-state index in [1.165, 1.54) is 6.33 Å². The summed E-state index contributed by atoms with van der Waals surface area (Å²) in [5, 5.41) is 10.9. The van der Waals surface area contributed by atoms with Gasteiger partial charge in [-0.25, -0.2) is 14.6 Å². The monoisotopic (exact) mass is 186 g/mol. The standard InChI is InChI=1S/C8H6N6/c1-6(2-12-11-1)14-4-8-7(13-14)3-9-5-10-8/h1-5H,(H,11,12). The summed E-state index contributed by atoms with van der Waals surface area (Å²) in [5.74, 6) is 0. The molecule has 0 spiro atoms. The first-order chi connectivity index (χ1) is 6.93. The first-order valence-electron chi connectivity index (χ1n) is 4.08. The minimum atomic E-state index is 0.772. The molecule has 6 heteroatoms. The number of aromatic amines is 1. The van der Waals surface area contributed by atoms with Gasteiger partial charge in [0.1, 0.15) is 23.0 Å². The number of H-pyrrole nitrogens is 1. The predicted molar refractivity (Wildman–Crippen MR) is 48.8 cm³/mol. The van der Waals surface area contributed by atoms with Crippen molar-refractivity contribution in [3.8, 4) is 5.69 Å². The van der Waals surface area contributed by atoms with Crippen LogP contribution in [0.5, 0.6) is 0 Å². The molecule has 1 N–H and O–H groups in total. The molecular weight excluding hydrogens is 180 g/mol. The molecule has 0 amide bonds. The molecule has 0 saturated carbocycles. The Balaban J connectivity index is 2.24. The Labute approximate surface area is 78.6 Å². The molecule has 6 nitrogen and oxygen atoms in total. The van der Waals surface area contributed by atoms with E-state index in [1.54, 1.807) is 23.3 Å². The Morgan fingerprint density at radius 2 is 2.21 bits per heavy atom. The van der Waals surface area contributed by atoms with E-state index in [2.05, 4.69) is 25.3 Å². The predicted octanol–water partition coefficient (Wildman–Crippen LogP) is 0.539. The van der Waals surface area contributed by atoms with Crippen molar-refractivity contribution >= 4 is 11.0 Å². The topological polar surface area (TPSA) is 72.3 Å². The average Bonchev–Trinajstić information content (AvgIpc) is 2.86. The van der Waals surface area contributed by atoms with Gasteiger partial charge in [-0.15, -0.1) is 0 Å². The summed E-state index contributed by atoms with van der Waals surface area (Å²) < 4.78 is 1.71. The molecule has 3 aromatic rings. The van der Waals surface area contributed by atoms with E-state index in [1.807, 2.05) is 6.20 Å². The smallest absolute Gasteiger partial charge is 0.130 e. The lowest BCUT2D eigenvalue weighted by atomic mass is 10.5. The summed E-state index contributed by atoms with van der Waals surface area (Å²) in [4.78, 5) is 7.98. The van der Waals surface area contributed by atoms with Gasteiger partial charge < -0.3 is 0 Å². The molecule has 14 heavy (non-hydrogen) atoms. The molecule has 0 aliphatic rings. The Morgan fingerprint density at radius 1 is 1.21 bits per heavy atom. The van der Waals surface area contributed by atoms with Crippen molar-refractivity contribution in [3.63, 3.8) is 0 Å². The van der Waals surface area contributed by atoms with E-state index in [9.17, 15) is 0 Å². The Hall–Kier alpha value is -2.24. The lowest BCUT2D eigenvalue weighted by Crippen LogP contribution is -1.90. The molecule has 0 radical (unpaired) electrons. The van der Waals surface area contributed by atoms with Crippen molar-refractivity contribution in [2.45, 2.75) is 0 Å². The van der Waals surface area contributed by atoms with Crippen molar-refractivity contribution in [3.05, 3.63) is 31.1 Å². The van der Waals surface area contributed by atoms with Crippen molar-refractivity contribution in [1.29, 1.82) is 0 Å². The minimum absolute atomic E-state index is 0.772. The van der Waals surface area contributed by atoms with Crippen LogP contribution in [0.3, 0.4) is 0 Å². The van der Waals surface area contributed by atoms with Crippen LogP contribution in [0.15, 0.2) is 31.1 Å².